The van der Waals surface area contributed by atoms with Gasteiger partial charge in [-0.15, -0.1) is 24.8 Å². The molecule has 16 heavy (non-hydrogen) atoms. The van der Waals surface area contributed by atoms with Gasteiger partial charge < -0.3 is 21.9 Å². The number of nitrogens with two attached hydrogens (primary N) is 2. The summed E-state index contributed by atoms with van der Waals surface area (Å²) in [6.45, 7) is 2.55. The lowest BCUT2D eigenvalue weighted by Crippen LogP contribution is -2.30. The minimum atomic E-state index is -0.916. The molecule has 0 spiro atoms. The Hall–Kier alpha value is -0.0700. The van der Waals surface area contributed by atoms with Crippen LogP contribution in [0.1, 0.15) is 25.7 Å². The smallest absolute Gasteiger partial charge is 0.320 e. The van der Waals surface area contributed by atoms with Gasteiger partial charge in [0.25, 0.3) is 0 Å². The van der Waals surface area contributed by atoms with Crippen molar-refractivity contribution < 1.29 is 9.90 Å². The fourth-order valence-corrected chi connectivity index (χ4v) is 1.09. The fraction of sp³-hybridized carbons (Fsp3) is 0.889. The first-order valence-corrected chi connectivity index (χ1v) is 5.07. The molecule has 0 rings (SSSR count). The highest BCUT2D eigenvalue weighted by atomic mass is 35.5. The van der Waals surface area contributed by atoms with Crippen molar-refractivity contribution in [3.8, 4) is 0 Å². The molecule has 0 aliphatic rings. The van der Waals surface area contributed by atoms with Gasteiger partial charge in [-0.25, -0.2) is 0 Å². The Morgan fingerprint density at radius 1 is 1.19 bits per heavy atom. The summed E-state index contributed by atoms with van der Waals surface area (Å²) >= 11 is 0. The number of carboxylic acids is 1. The second kappa shape index (κ2) is 14.9. The highest BCUT2D eigenvalue weighted by Crippen LogP contribution is 1.97. The van der Waals surface area contributed by atoms with Crippen LogP contribution in [0.25, 0.3) is 0 Å². The van der Waals surface area contributed by atoms with Crippen molar-refractivity contribution in [2.75, 3.05) is 19.6 Å². The summed E-state index contributed by atoms with van der Waals surface area (Å²) in [4.78, 5) is 10.3. The Kier molecular flexibility index (Phi) is 19.8. The maximum absolute atomic E-state index is 10.3. The molecule has 6 N–H and O–H groups in total. The first kappa shape index (κ1) is 21.2. The summed E-state index contributed by atoms with van der Waals surface area (Å²) in [5.41, 5.74) is 10.7. The number of rotatable bonds is 9. The van der Waals surface area contributed by atoms with E-state index in [1.807, 2.05) is 0 Å². The van der Waals surface area contributed by atoms with Crippen molar-refractivity contribution in [1.29, 1.82) is 0 Å². The lowest BCUT2D eigenvalue weighted by molar-refractivity contribution is -0.138. The first-order chi connectivity index (χ1) is 6.68. The number of aliphatic carboxylic acids is 1. The van der Waals surface area contributed by atoms with Crippen molar-refractivity contribution in [3.63, 3.8) is 0 Å². The molecule has 0 aromatic carbocycles. The Morgan fingerprint density at radius 3 is 2.25 bits per heavy atom. The van der Waals surface area contributed by atoms with Crippen LogP contribution in [0.15, 0.2) is 0 Å². The lowest BCUT2D eigenvalue weighted by Gasteiger charge is -2.06. The standard InChI is InChI=1S/C9H21N3O2.2ClH/c10-5-3-7-12-6-2-1-4-8(11)9(13)14;;/h8,12H,1-7,10-11H2,(H,13,14);2*1H/t8-;;/m0../s1. The summed E-state index contributed by atoms with van der Waals surface area (Å²) in [5.74, 6) is -0.916. The van der Waals surface area contributed by atoms with Gasteiger partial charge in [-0.05, 0) is 38.9 Å². The average Bonchev–Trinajstić information content (AvgIpc) is 2.16. The molecule has 5 nitrogen and oxygen atoms in total. The Bertz CT molecular complexity index is 162. The van der Waals surface area contributed by atoms with Crippen LogP contribution >= 0.6 is 24.8 Å². The first-order valence-electron chi connectivity index (χ1n) is 5.07. The van der Waals surface area contributed by atoms with E-state index in [0.29, 0.717) is 13.0 Å². The van der Waals surface area contributed by atoms with Crippen LogP contribution in [0.3, 0.4) is 0 Å². The topological polar surface area (TPSA) is 101 Å². The SMILES string of the molecule is Cl.Cl.NCCCNCCCC[C@H](N)C(=O)O. The lowest BCUT2D eigenvalue weighted by atomic mass is 10.1. The average molecular weight is 276 g/mol. The van der Waals surface area contributed by atoms with Gasteiger partial charge in [0, 0.05) is 0 Å². The minimum absolute atomic E-state index is 0. The molecule has 0 bridgehead atoms. The molecule has 0 saturated heterocycles. The van der Waals surface area contributed by atoms with Crippen molar-refractivity contribution >= 4 is 30.8 Å². The van der Waals surface area contributed by atoms with Crippen molar-refractivity contribution in [1.82, 2.24) is 5.32 Å². The molecule has 0 saturated carbocycles. The van der Waals surface area contributed by atoms with E-state index in [-0.39, 0.29) is 24.8 Å². The number of nitrogens with one attached hydrogen (secondary N) is 1. The normalized spacial score (nSPS) is 11.1. The summed E-state index contributed by atoms with van der Waals surface area (Å²) in [5, 5.41) is 11.7. The molecule has 0 aliphatic carbocycles. The molecule has 0 unspecified atom stereocenters. The van der Waals surface area contributed by atoms with Crippen molar-refractivity contribution in [3.05, 3.63) is 0 Å². The zero-order valence-corrected chi connectivity index (χ0v) is 11.0. The van der Waals surface area contributed by atoms with Crippen LogP contribution in [-0.4, -0.2) is 36.8 Å². The van der Waals surface area contributed by atoms with E-state index in [4.69, 9.17) is 16.6 Å². The van der Waals surface area contributed by atoms with E-state index in [1.165, 1.54) is 0 Å². The monoisotopic (exact) mass is 275 g/mol. The third-order valence-corrected chi connectivity index (χ3v) is 1.99. The maximum atomic E-state index is 10.3. The fourth-order valence-electron chi connectivity index (χ4n) is 1.09. The van der Waals surface area contributed by atoms with E-state index in [1.54, 1.807) is 0 Å². The van der Waals surface area contributed by atoms with E-state index in [2.05, 4.69) is 5.32 Å². The molecule has 0 aromatic rings. The molecular weight excluding hydrogens is 253 g/mol. The largest absolute Gasteiger partial charge is 0.480 e. The highest BCUT2D eigenvalue weighted by molar-refractivity contribution is 5.85. The summed E-state index contributed by atoms with van der Waals surface area (Å²) in [6.07, 6.45) is 3.34. The van der Waals surface area contributed by atoms with Gasteiger partial charge in [0.2, 0.25) is 0 Å². The molecular formula is C9H23Cl2N3O2. The van der Waals surface area contributed by atoms with Gasteiger partial charge in [0.1, 0.15) is 6.04 Å². The number of hydrogen-bond donors (Lipinski definition) is 4. The van der Waals surface area contributed by atoms with Gasteiger partial charge in [-0.2, -0.15) is 0 Å². The van der Waals surface area contributed by atoms with Gasteiger partial charge in [-0.1, -0.05) is 6.42 Å². The third-order valence-electron chi connectivity index (χ3n) is 1.99. The van der Waals surface area contributed by atoms with Gasteiger partial charge in [-0.3, -0.25) is 4.79 Å². The zero-order chi connectivity index (χ0) is 10.8. The van der Waals surface area contributed by atoms with E-state index >= 15 is 0 Å². The summed E-state index contributed by atoms with van der Waals surface area (Å²) in [7, 11) is 0. The van der Waals surface area contributed by atoms with E-state index in [9.17, 15) is 4.79 Å². The summed E-state index contributed by atoms with van der Waals surface area (Å²) < 4.78 is 0. The second-order valence-corrected chi connectivity index (χ2v) is 3.33. The van der Waals surface area contributed by atoms with Crippen molar-refractivity contribution in [2.45, 2.75) is 31.7 Å². The molecule has 0 radical (unpaired) electrons. The van der Waals surface area contributed by atoms with Gasteiger partial charge >= 0.3 is 5.97 Å². The highest BCUT2D eigenvalue weighted by Gasteiger charge is 2.09. The molecule has 7 heteroatoms. The molecule has 1 atom stereocenters. The molecule has 0 amide bonds. The molecule has 0 aromatic heterocycles. The van der Waals surface area contributed by atoms with Crippen LogP contribution in [0.5, 0.6) is 0 Å². The van der Waals surface area contributed by atoms with Crippen LogP contribution in [0, 0.1) is 0 Å². The molecule has 0 aliphatic heterocycles. The van der Waals surface area contributed by atoms with Gasteiger partial charge in [0.15, 0.2) is 0 Å². The predicted molar refractivity (Wildman–Crippen MR) is 70.5 cm³/mol. The Labute approximate surface area is 109 Å². The minimum Gasteiger partial charge on any atom is -0.480 e. The zero-order valence-electron chi connectivity index (χ0n) is 9.35. The molecule has 0 fully saturated rings. The van der Waals surface area contributed by atoms with E-state index < -0.39 is 12.0 Å². The maximum Gasteiger partial charge on any atom is 0.320 e. The van der Waals surface area contributed by atoms with Crippen LogP contribution < -0.4 is 16.8 Å². The number of hydrogen-bond acceptors (Lipinski definition) is 4. The Balaban J connectivity index is -0.000000845. The van der Waals surface area contributed by atoms with E-state index in [0.717, 1.165) is 32.4 Å². The number of unbranched alkanes of at least 4 members (excludes halogenated alkanes) is 1. The van der Waals surface area contributed by atoms with Crippen molar-refractivity contribution in [2.24, 2.45) is 11.5 Å². The predicted octanol–water partition coefficient (Wildman–Crippen LogP) is 0.351. The Morgan fingerprint density at radius 2 is 1.75 bits per heavy atom. The van der Waals surface area contributed by atoms with Crippen LogP contribution in [0.4, 0.5) is 0 Å². The quantitative estimate of drug-likeness (QED) is 0.455. The number of carboxylic acid groups (broad SMARTS) is 1. The van der Waals surface area contributed by atoms with Crippen LogP contribution in [0.2, 0.25) is 0 Å². The molecule has 0 heterocycles. The summed E-state index contributed by atoms with van der Waals surface area (Å²) in [6, 6.07) is -0.709. The number of halogens is 2. The number of carbonyl (C=O) groups is 1. The van der Waals surface area contributed by atoms with Crippen LogP contribution in [-0.2, 0) is 4.79 Å². The molecule has 100 valence electrons. The van der Waals surface area contributed by atoms with Gasteiger partial charge in [0.05, 0.1) is 0 Å². The third kappa shape index (κ3) is 13.9. The second-order valence-electron chi connectivity index (χ2n) is 3.33.